The first-order valence-corrected chi connectivity index (χ1v) is 10.3. The molecule has 0 unspecified atom stereocenters. The predicted octanol–water partition coefficient (Wildman–Crippen LogP) is 2.98. The van der Waals surface area contributed by atoms with Crippen molar-refractivity contribution in [3.05, 3.63) is 53.3 Å². The number of hydrogen-bond donors (Lipinski definition) is 1. The molecule has 1 saturated heterocycles. The highest BCUT2D eigenvalue weighted by Crippen LogP contribution is 2.20. The lowest BCUT2D eigenvalue weighted by molar-refractivity contribution is 0.126. The maximum atomic E-state index is 12.5. The number of ether oxygens (including phenoxy) is 1. The van der Waals surface area contributed by atoms with Gasteiger partial charge in [-0.05, 0) is 44.2 Å². The summed E-state index contributed by atoms with van der Waals surface area (Å²) in [5, 5.41) is 7.05. The van der Waals surface area contributed by atoms with Crippen LogP contribution in [-0.2, 0) is 13.1 Å². The molecule has 1 aromatic carbocycles. The molecule has 3 aromatic rings. The minimum Gasteiger partial charge on any atom is -0.497 e. The summed E-state index contributed by atoms with van der Waals surface area (Å²) in [6.45, 7) is 7.63. The van der Waals surface area contributed by atoms with Gasteiger partial charge < -0.3 is 23.9 Å². The molecule has 9 nitrogen and oxygen atoms in total. The van der Waals surface area contributed by atoms with Crippen molar-refractivity contribution >= 4 is 6.03 Å². The van der Waals surface area contributed by atoms with E-state index in [0.717, 1.165) is 41.5 Å². The Labute approximate surface area is 181 Å². The Kier molecular flexibility index (Phi) is 6.22. The Morgan fingerprint density at radius 1 is 1.16 bits per heavy atom. The minimum atomic E-state index is -0.0579. The fraction of sp³-hybridized carbons (Fsp3) is 0.409. The molecule has 164 valence electrons. The highest BCUT2D eigenvalue weighted by atomic mass is 16.5. The van der Waals surface area contributed by atoms with E-state index in [9.17, 15) is 4.79 Å². The van der Waals surface area contributed by atoms with E-state index < -0.39 is 0 Å². The van der Waals surface area contributed by atoms with Crippen LogP contribution in [0, 0.1) is 13.8 Å². The van der Waals surface area contributed by atoms with E-state index in [-0.39, 0.29) is 6.03 Å². The lowest BCUT2D eigenvalue weighted by Crippen LogP contribution is -2.51. The van der Waals surface area contributed by atoms with Gasteiger partial charge in [0.15, 0.2) is 0 Å². The van der Waals surface area contributed by atoms with Crippen molar-refractivity contribution in [3.63, 3.8) is 0 Å². The number of aromatic nitrogens is 2. The van der Waals surface area contributed by atoms with Crippen LogP contribution in [0.1, 0.15) is 23.0 Å². The topological polar surface area (TPSA) is 96.9 Å². The van der Waals surface area contributed by atoms with Gasteiger partial charge in [-0.2, -0.15) is 4.98 Å². The van der Waals surface area contributed by atoms with Gasteiger partial charge in [-0.3, -0.25) is 4.90 Å². The van der Waals surface area contributed by atoms with Gasteiger partial charge in [-0.25, -0.2) is 4.79 Å². The van der Waals surface area contributed by atoms with Crippen LogP contribution in [0.3, 0.4) is 0 Å². The van der Waals surface area contributed by atoms with Crippen molar-refractivity contribution in [1.82, 2.24) is 25.3 Å². The molecule has 3 heterocycles. The number of hydrogen-bond acceptors (Lipinski definition) is 7. The SMILES string of the molecule is COc1ccc(-c2noc(CN3CCN(C(=O)NCc4cc(C)oc4C)CC3)n2)cc1. The number of nitrogens with zero attached hydrogens (tertiary/aromatic N) is 4. The number of carbonyl (C=O) groups is 1. The van der Waals surface area contributed by atoms with Crippen LogP contribution in [0.2, 0.25) is 0 Å². The maximum Gasteiger partial charge on any atom is 0.317 e. The van der Waals surface area contributed by atoms with Crippen molar-refractivity contribution in [2.75, 3.05) is 33.3 Å². The van der Waals surface area contributed by atoms with Crippen LogP contribution < -0.4 is 10.1 Å². The molecular formula is C22H27N5O4. The largest absolute Gasteiger partial charge is 0.497 e. The molecule has 0 bridgehead atoms. The number of aryl methyl sites for hydroxylation is 2. The number of piperazine rings is 1. The summed E-state index contributed by atoms with van der Waals surface area (Å²) in [5.74, 6) is 3.60. The van der Waals surface area contributed by atoms with Crippen LogP contribution in [0.4, 0.5) is 4.79 Å². The van der Waals surface area contributed by atoms with Crippen molar-refractivity contribution in [2.24, 2.45) is 0 Å². The summed E-state index contributed by atoms with van der Waals surface area (Å²) in [6, 6.07) is 9.43. The number of rotatable bonds is 6. The van der Waals surface area contributed by atoms with Crippen molar-refractivity contribution in [2.45, 2.75) is 26.9 Å². The van der Waals surface area contributed by atoms with E-state index in [4.69, 9.17) is 13.7 Å². The van der Waals surface area contributed by atoms with E-state index in [1.165, 1.54) is 0 Å². The average Bonchev–Trinajstić information content (AvgIpc) is 3.38. The Hall–Kier alpha value is -3.33. The van der Waals surface area contributed by atoms with Crippen LogP contribution in [0.25, 0.3) is 11.4 Å². The summed E-state index contributed by atoms with van der Waals surface area (Å²) in [7, 11) is 1.63. The highest BCUT2D eigenvalue weighted by Gasteiger charge is 2.23. The van der Waals surface area contributed by atoms with E-state index >= 15 is 0 Å². The minimum absolute atomic E-state index is 0.0579. The fourth-order valence-corrected chi connectivity index (χ4v) is 3.62. The quantitative estimate of drug-likeness (QED) is 0.648. The molecule has 0 atom stereocenters. The zero-order valence-corrected chi connectivity index (χ0v) is 18.1. The van der Waals surface area contributed by atoms with Gasteiger partial charge in [-0.1, -0.05) is 5.16 Å². The van der Waals surface area contributed by atoms with E-state index in [1.807, 2.05) is 49.1 Å². The summed E-state index contributed by atoms with van der Waals surface area (Å²) < 4.78 is 16.1. The van der Waals surface area contributed by atoms with Gasteiger partial charge in [-0.15, -0.1) is 0 Å². The number of methoxy groups -OCH3 is 1. The van der Waals surface area contributed by atoms with Crippen molar-refractivity contribution < 1.29 is 18.5 Å². The number of benzene rings is 1. The average molecular weight is 425 g/mol. The second-order valence-corrected chi connectivity index (χ2v) is 7.60. The smallest absolute Gasteiger partial charge is 0.317 e. The first-order valence-electron chi connectivity index (χ1n) is 10.3. The number of amides is 2. The van der Waals surface area contributed by atoms with Crippen molar-refractivity contribution in [3.8, 4) is 17.1 Å². The van der Waals surface area contributed by atoms with E-state index in [2.05, 4.69) is 20.4 Å². The number of furan rings is 1. The molecule has 4 rings (SSSR count). The Morgan fingerprint density at radius 3 is 2.55 bits per heavy atom. The Morgan fingerprint density at radius 2 is 1.90 bits per heavy atom. The zero-order chi connectivity index (χ0) is 21.8. The van der Waals surface area contributed by atoms with E-state index in [0.29, 0.717) is 37.9 Å². The standard InChI is InChI=1S/C22H27N5O4/c1-15-12-18(16(2)30-15)13-23-22(28)27-10-8-26(9-11-27)14-20-24-21(25-31-20)17-4-6-19(29-3)7-5-17/h4-7,12H,8-11,13-14H2,1-3H3,(H,23,28). The lowest BCUT2D eigenvalue weighted by atomic mass is 10.2. The second kappa shape index (κ2) is 9.22. The maximum absolute atomic E-state index is 12.5. The predicted molar refractivity (Wildman–Crippen MR) is 114 cm³/mol. The first-order chi connectivity index (χ1) is 15.0. The molecule has 9 heteroatoms. The summed E-state index contributed by atoms with van der Waals surface area (Å²) in [6.07, 6.45) is 0. The highest BCUT2D eigenvalue weighted by molar-refractivity contribution is 5.74. The summed E-state index contributed by atoms with van der Waals surface area (Å²) in [4.78, 5) is 21.0. The van der Waals surface area contributed by atoms with Crippen molar-refractivity contribution in [1.29, 1.82) is 0 Å². The monoisotopic (exact) mass is 425 g/mol. The molecule has 1 N–H and O–H groups in total. The number of urea groups is 1. The molecule has 1 aliphatic rings. The number of nitrogens with one attached hydrogen (secondary N) is 1. The molecular weight excluding hydrogens is 398 g/mol. The summed E-state index contributed by atoms with van der Waals surface area (Å²) >= 11 is 0. The number of carbonyl (C=O) groups excluding carboxylic acids is 1. The third-order valence-corrected chi connectivity index (χ3v) is 5.41. The van der Waals surface area contributed by atoms with Gasteiger partial charge in [0, 0.05) is 43.9 Å². The third-order valence-electron chi connectivity index (χ3n) is 5.41. The van der Waals surface area contributed by atoms with Gasteiger partial charge in [0.25, 0.3) is 0 Å². The molecule has 2 aromatic heterocycles. The second-order valence-electron chi connectivity index (χ2n) is 7.60. The third kappa shape index (κ3) is 5.05. The van der Waals surface area contributed by atoms with Gasteiger partial charge in [0.1, 0.15) is 17.3 Å². The van der Waals surface area contributed by atoms with Gasteiger partial charge in [0.2, 0.25) is 11.7 Å². The molecule has 31 heavy (non-hydrogen) atoms. The van der Waals surface area contributed by atoms with Gasteiger partial charge >= 0.3 is 6.03 Å². The molecule has 1 fully saturated rings. The lowest BCUT2D eigenvalue weighted by Gasteiger charge is -2.33. The molecule has 0 radical (unpaired) electrons. The molecule has 0 spiro atoms. The molecule has 2 amide bonds. The van der Waals surface area contributed by atoms with Crippen LogP contribution in [0.15, 0.2) is 39.3 Å². The molecule has 1 aliphatic heterocycles. The fourth-order valence-electron chi connectivity index (χ4n) is 3.62. The first kappa shape index (κ1) is 20.9. The summed E-state index contributed by atoms with van der Waals surface area (Å²) in [5.41, 5.74) is 1.88. The Balaban J connectivity index is 1.25. The molecule has 0 aliphatic carbocycles. The Bertz CT molecular complexity index is 1020. The van der Waals surface area contributed by atoms with Crippen LogP contribution in [-0.4, -0.2) is 59.3 Å². The van der Waals surface area contributed by atoms with E-state index in [1.54, 1.807) is 7.11 Å². The zero-order valence-electron chi connectivity index (χ0n) is 18.1. The normalized spacial score (nSPS) is 14.6. The molecule has 0 saturated carbocycles. The van der Waals surface area contributed by atoms with Gasteiger partial charge in [0.05, 0.1) is 13.7 Å². The van der Waals surface area contributed by atoms with Crippen LogP contribution in [0.5, 0.6) is 5.75 Å². The van der Waals surface area contributed by atoms with Crippen LogP contribution >= 0.6 is 0 Å².